The molecule has 4 nitrogen and oxygen atoms in total. The quantitative estimate of drug-likeness (QED) is 0.922. The highest BCUT2D eigenvalue weighted by Gasteiger charge is 2.36. The Morgan fingerprint density at radius 1 is 1.24 bits per heavy atom. The van der Waals surface area contributed by atoms with Crippen LogP contribution in [-0.4, -0.2) is 37.3 Å². The Kier molecular flexibility index (Phi) is 3.88. The minimum absolute atomic E-state index is 0.318. The topological polar surface area (TPSA) is 41.9 Å². The monoisotopic (exact) mass is 339 g/mol. The first-order valence-corrected chi connectivity index (χ1v) is 8.94. The second-order valence-corrected chi connectivity index (χ2v) is 7.04. The first kappa shape index (κ1) is 16.3. The van der Waals surface area contributed by atoms with Crippen molar-refractivity contribution in [1.29, 1.82) is 0 Å². The normalized spacial score (nSPS) is 18.5. The van der Waals surface area contributed by atoms with Gasteiger partial charge in [-0.05, 0) is 79.8 Å². The molecule has 0 aromatic heterocycles. The van der Waals surface area contributed by atoms with Crippen molar-refractivity contribution < 1.29 is 14.6 Å². The first-order chi connectivity index (χ1) is 12.0. The Morgan fingerprint density at radius 2 is 2.04 bits per heavy atom. The molecule has 0 radical (unpaired) electrons. The van der Waals surface area contributed by atoms with E-state index in [2.05, 4.69) is 24.1 Å². The van der Waals surface area contributed by atoms with Crippen LogP contribution in [0, 0.1) is 6.92 Å². The summed E-state index contributed by atoms with van der Waals surface area (Å²) in [5, 5.41) is 10.2. The third kappa shape index (κ3) is 2.39. The standard InChI is InChI=1S/C21H25NO3/c1-5-25-18-11-13-6-7-22(3)16-9-14-10-17(23)12(2)8-15(14)20(19(13)16)21(18)24-4/h8,10-11,16,23H,5-7,9H2,1-4H3. The summed E-state index contributed by atoms with van der Waals surface area (Å²) in [6, 6.07) is 6.49. The van der Waals surface area contributed by atoms with Gasteiger partial charge in [-0.25, -0.2) is 0 Å². The Labute approximate surface area is 149 Å². The van der Waals surface area contributed by atoms with Crippen LogP contribution in [0.4, 0.5) is 0 Å². The van der Waals surface area contributed by atoms with Gasteiger partial charge in [0.1, 0.15) is 5.75 Å². The van der Waals surface area contributed by atoms with Gasteiger partial charge >= 0.3 is 0 Å². The van der Waals surface area contributed by atoms with Crippen molar-refractivity contribution in [3.8, 4) is 28.4 Å². The van der Waals surface area contributed by atoms with Crippen LogP contribution in [0.25, 0.3) is 11.1 Å². The number of hydrogen-bond donors (Lipinski definition) is 1. The third-order valence-electron chi connectivity index (χ3n) is 5.58. The number of hydrogen-bond acceptors (Lipinski definition) is 4. The maximum atomic E-state index is 10.2. The number of fused-ring (bicyclic) bond motifs is 2. The van der Waals surface area contributed by atoms with Crippen molar-refractivity contribution in [2.45, 2.75) is 32.7 Å². The second kappa shape index (κ2) is 5.95. The fourth-order valence-electron chi connectivity index (χ4n) is 4.31. The highest BCUT2D eigenvalue weighted by Crippen LogP contribution is 2.53. The largest absolute Gasteiger partial charge is 0.508 e. The number of benzene rings is 2. The predicted octanol–water partition coefficient (Wildman–Crippen LogP) is 3.86. The first-order valence-electron chi connectivity index (χ1n) is 8.94. The van der Waals surface area contributed by atoms with E-state index >= 15 is 0 Å². The van der Waals surface area contributed by atoms with Gasteiger partial charge in [-0.15, -0.1) is 0 Å². The third-order valence-corrected chi connectivity index (χ3v) is 5.58. The zero-order chi connectivity index (χ0) is 17.7. The number of aromatic hydroxyl groups is 1. The van der Waals surface area contributed by atoms with E-state index < -0.39 is 0 Å². The van der Waals surface area contributed by atoms with Gasteiger partial charge in [0.15, 0.2) is 11.5 Å². The van der Waals surface area contributed by atoms with Crippen LogP contribution in [-0.2, 0) is 12.8 Å². The molecule has 1 atom stereocenters. The molecule has 1 unspecified atom stereocenters. The Bertz CT molecular complexity index is 844. The average Bonchev–Trinajstić information content (AvgIpc) is 2.59. The molecule has 0 amide bonds. The van der Waals surface area contributed by atoms with Crippen molar-refractivity contribution in [3.63, 3.8) is 0 Å². The number of ether oxygens (including phenoxy) is 2. The highest BCUT2D eigenvalue weighted by molar-refractivity contribution is 5.84. The number of likely N-dealkylation sites (N-methyl/N-ethyl adjacent to an activating group) is 1. The average molecular weight is 339 g/mol. The van der Waals surface area contributed by atoms with Crippen LogP contribution < -0.4 is 9.47 Å². The van der Waals surface area contributed by atoms with Gasteiger partial charge in [0.2, 0.25) is 0 Å². The number of phenolic OH excluding ortho intramolecular Hbond substituents is 1. The van der Waals surface area contributed by atoms with Crippen molar-refractivity contribution in [2.75, 3.05) is 27.3 Å². The van der Waals surface area contributed by atoms with E-state index in [1.54, 1.807) is 7.11 Å². The molecule has 25 heavy (non-hydrogen) atoms. The van der Waals surface area contributed by atoms with Crippen LogP contribution >= 0.6 is 0 Å². The van der Waals surface area contributed by atoms with E-state index in [0.29, 0.717) is 18.4 Å². The summed E-state index contributed by atoms with van der Waals surface area (Å²) in [6.07, 6.45) is 1.93. The summed E-state index contributed by atoms with van der Waals surface area (Å²) >= 11 is 0. The zero-order valence-corrected chi connectivity index (χ0v) is 15.3. The van der Waals surface area contributed by atoms with Crippen LogP contribution in [0.5, 0.6) is 17.2 Å². The molecular formula is C21H25NO3. The fourth-order valence-corrected chi connectivity index (χ4v) is 4.31. The smallest absolute Gasteiger partial charge is 0.168 e. The minimum Gasteiger partial charge on any atom is -0.508 e. The molecule has 1 N–H and O–H groups in total. The van der Waals surface area contributed by atoms with E-state index in [1.165, 1.54) is 16.7 Å². The summed E-state index contributed by atoms with van der Waals surface area (Å²) in [4.78, 5) is 2.41. The van der Waals surface area contributed by atoms with Gasteiger partial charge in [0.05, 0.1) is 13.7 Å². The maximum absolute atomic E-state index is 10.2. The lowest BCUT2D eigenvalue weighted by Gasteiger charge is -2.40. The number of aryl methyl sites for hydroxylation is 1. The van der Waals surface area contributed by atoms with Crippen molar-refractivity contribution in [3.05, 3.63) is 40.5 Å². The Morgan fingerprint density at radius 3 is 2.76 bits per heavy atom. The molecule has 1 aliphatic carbocycles. The summed E-state index contributed by atoms with van der Waals surface area (Å²) in [5.74, 6) is 1.99. The Balaban J connectivity index is 2.07. The number of methoxy groups -OCH3 is 1. The van der Waals surface area contributed by atoms with Gasteiger partial charge in [-0.3, -0.25) is 4.90 Å². The van der Waals surface area contributed by atoms with Gasteiger partial charge in [-0.2, -0.15) is 0 Å². The molecule has 0 spiro atoms. The number of nitrogens with zero attached hydrogens (tertiary/aromatic N) is 1. The number of phenols is 1. The molecule has 1 heterocycles. The van der Waals surface area contributed by atoms with Gasteiger partial charge in [0, 0.05) is 18.2 Å². The van der Waals surface area contributed by atoms with E-state index in [-0.39, 0.29) is 0 Å². The second-order valence-electron chi connectivity index (χ2n) is 7.04. The molecule has 2 aliphatic rings. The highest BCUT2D eigenvalue weighted by atomic mass is 16.5. The van der Waals surface area contributed by atoms with Crippen LogP contribution in [0.2, 0.25) is 0 Å². The molecule has 0 bridgehead atoms. The molecule has 0 saturated heterocycles. The fraction of sp³-hybridized carbons (Fsp3) is 0.429. The van der Waals surface area contributed by atoms with E-state index in [9.17, 15) is 5.11 Å². The molecular weight excluding hydrogens is 314 g/mol. The summed E-state index contributed by atoms with van der Waals surface area (Å²) in [7, 11) is 3.89. The molecule has 132 valence electrons. The lowest BCUT2D eigenvalue weighted by molar-refractivity contribution is 0.226. The molecule has 1 aliphatic heterocycles. The molecule has 4 rings (SSSR count). The summed E-state index contributed by atoms with van der Waals surface area (Å²) in [5.41, 5.74) is 7.09. The van der Waals surface area contributed by atoms with Crippen molar-refractivity contribution >= 4 is 0 Å². The number of rotatable bonds is 3. The van der Waals surface area contributed by atoms with Crippen LogP contribution in [0.15, 0.2) is 18.2 Å². The SMILES string of the molecule is CCOc1cc2c3c(c1OC)-c1cc(C)c(O)cc1CC3N(C)CC2. The van der Waals surface area contributed by atoms with E-state index in [1.807, 2.05) is 19.9 Å². The molecule has 4 heteroatoms. The summed E-state index contributed by atoms with van der Waals surface area (Å²) < 4.78 is 11.7. The van der Waals surface area contributed by atoms with Crippen LogP contribution in [0.1, 0.15) is 35.2 Å². The predicted molar refractivity (Wildman–Crippen MR) is 98.8 cm³/mol. The molecule has 0 fully saturated rings. The van der Waals surface area contributed by atoms with Gasteiger partial charge < -0.3 is 14.6 Å². The van der Waals surface area contributed by atoms with E-state index in [4.69, 9.17) is 9.47 Å². The molecule has 0 saturated carbocycles. The van der Waals surface area contributed by atoms with Gasteiger partial charge in [-0.1, -0.05) is 0 Å². The van der Waals surface area contributed by atoms with Crippen molar-refractivity contribution in [1.82, 2.24) is 4.90 Å². The lowest BCUT2D eigenvalue weighted by Crippen LogP contribution is -2.35. The summed E-state index contributed by atoms with van der Waals surface area (Å²) in [6.45, 7) is 5.58. The van der Waals surface area contributed by atoms with Gasteiger partial charge in [0.25, 0.3) is 0 Å². The van der Waals surface area contributed by atoms with E-state index in [0.717, 1.165) is 47.6 Å². The molecule has 2 aromatic rings. The Hall–Kier alpha value is -2.20. The lowest BCUT2D eigenvalue weighted by atomic mass is 9.76. The minimum atomic E-state index is 0.318. The molecule has 2 aromatic carbocycles. The van der Waals surface area contributed by atoms with Crippen LogP contribution in [0.3, 0.4) is 0 Å². The zero-order valence-electron chi connectivity index (χ0n) is 15.3. The maximum Gasteiger partial charge on any atom is 0.168 e. The van der Waals surface area contributed by atoms with Crippen molar-refractivity contribution in [2.24, 2.45) is 0 Å².